The molecule has 1 aliphatic rings. The number of benzene rings is 2. The molecule has 0 aliphatic carbocycles. The van der Waals surface area contributed by atoms with Gasteiger partial charge in [-0.2, -0.15) is 0 Å². The van der Waals surface area contributed by atoms with Crippen molar-refractivity contribution in [1.82, 2.24) is 0 Å². The molecule has 0 amide bonds. The highest BCUT2D eigenvalue weighted by Crippen LogP contribution is 2.35. The van der Waals surface area contributed by atoms with Gasteiger partial charge in [-0.3, -0.25) is 4.79 Å². The van der Waals surface area contributed by atoms with Gasteiger partial charge in [0.05, 0.1) is 25.3 Å². The van der Waals surface area contributed by atoms with Gasteiger partial charge in [-0.15, -0.1) is 11.3 Å². The Balaban J connectivity index is 1.54. The number of allylic oxidation sites excluding steroid dienone is 1. The zero-order chi connectivity index (χ0) is 20.4. The number of hydrogen-bond acceptors (Lipinski definition) is 7. The fourth-order valence-electron chi connectivity index (χ4n) is 2.86. The Bertz CT molecular complexity index is 1110. The Hall–Kier alpha value is -3.58. The van der Waals surface area contributed by atoms with E-state index in [4.69, 9.17) is 18.9 Å². The van der Waals surface area contributed by atoms with Crippen LogP contribution in [-0.4, -0.2) is 26.0 Å². The fraction of sp³-hybridized carbons (Fsp3) is 0.0909. The Kier molecular flexibility index (Phi) is 5.05. The monoisotopic (exact) mass is 408 g/mol. The van der Waals surface area contributed by atoms with Crippen LogP contribution in [0.25, 0.3) is 6.08 Å². The van der Waals surface area contributed by atoms with E-state index in [1.165, 1.54) is 37.7 Å². The van der Waals surface area contributed by atoms with Crippen molar-refractivity contribution < 1.29 is 28.5 Å². The Morgan fingerprint density at radius 2 is 1.86 bits per heavy atom. The minimum absolute atomic E-state index is 0.203. The summed E-state index contributed by atoms with van der Waals surface area (Å²) in [5.41, 5.74) is 0.733. The second kappa shape index (κ2) is 7.81. The van der Waals surface area contributed by atoms with Crippen LogP contribution in [0.15, 0.2) is 59.7 Å². The summed E-state index contributed by atoms with van der Waals surface area (Å²) in [5, 5.41) is 1.92. The van der Waals surface area contributed by atoms with Gasteiger partial charge in [0, 0.05) is 17.0 Å². The zero-order valence-corrected chi connectivity index (χ0v) is 16.4. The van der Waals surface area contributed by atoms with E-state index in [1.807, 2.05) is 17.5 Å². The summed E-state index contributed by atoms with van der Waals surface area (Å²) in [6, 6.07) is 13.2. The SMILES string of the molecule is COc1ccc(C(=O)Oc2ccc3c(c2)OC(=Cc2cccs2)C3=O)cc1OC. The number of ketones is 1. The minimum Gasteiger partial charge on any atom is -0.493 e. The van der Waals surface area contributed by atoms with Crippen molar-refractivity contribution in [3.8, 4) is 23.0 Å². The van der Waals surface area contributed by atoms with Crippen molar-refractivity contribution in [3.63, 3.8) is 0 Å². The number of hydrogen-bond donors (Lipinski definition) is 0. The van der Waals surface area contributed by atoms with Crippen LogP contribution in [0.1, 0.15) is 25.6 Å². The summed E-state index contributed by atoms with van der Waals surface area (Å²) in [4.78, 5) is 25.9. The summed E-state index contributed by atoms with van der Waals surface area (Å²) in [7, 11) is 3.01. The van der Waals surface area contributed by atoms with Gasteiger partial charge < -0.3 is 18.9 Å². The van der Waals surface area contributed by atoms with Crippen LogP contribution in [0, 0.1) is 0 Å². The Morgan fingerprint density at radius 3 is 2.59 bits per heavy atom. The lowest BCUT2D eigenvalue weighted by atomic mass is 10.1. The quantitative estimate of drug-likeness (QED) is 0.349. The fourth-order valence-corrected chi connectivity index (χ4v) is 3.51. The van der Waals surface area contributed by atoms with Crippen LogP contribution in [-0.2, 0) is 0 Å². The van der Waals surface area contributed by atoms with Gasteiger partial charge in [-0.1, -0.05) is 6.07 Å². The number of methoxy groups -OCH3 is 2. The van der Waals surface area contributed by atoms with Gasteiger partial charge >= 0.3 is 5.97 Å². The zero-order valence-electron chi connectivity index (χ0n) is 15.6. The van der Waals surface area contributed by atoms with E-state index in [0.717, 1.165) is 4.88 Å². The molecule has 1 aliphatic heterocycles. The summed E-state index contributed by atoms with van der Waals surface area (Å²) in [5.74, 6) is 1.04. The first kappa shape index (κ1) is 18.8. The third-order valence-electron chi connectivity index (χ3n) is 4.29. The molecule has 0 saturated heterocycles. The molecular weight excluding hydrogens is 392 g/mol. The maximum absolute atomic E-state index is 12.5. The molecule has 6 nitrogen and oxygen atoms in total. The third kappa shape index (κ3) is 3.72. The molecule has 0 saturated carbocycles. The third-order valence-corrected chi connectivity index (χ3v) is 5.11. The van der Waals surface area contributed by atoms with E-state index in [-0.39, 0.29) is 17.3 Å². The van der Waals surface area contributed by atoms with Crippen LogP contribution >= 0.6 is 11.3 Å². The molecule has 0 atom stereocenters. The first-order chi connectivity index (χ1) is 14.1. The molecule has 0 bridgehead atoms. The average Bonchev–Trinajstić information content (AvgIpc) is 3.35. The molecule has 0 unspecified atom stereocenters. The molecule has 0 N–H and O–H groups in total. The molecule has 2 aromatic carbocycles. The first-order valence-corrected chi connectivity index (χ1v) is 9.53. The van der Waals surface area contributed by atoms with Crippen molar-refractivity contribution in [2.45, 2.75) is 0 Å². The minimum atomic E-state index is -0.565. The van der Waals surface area contributed by atoms with E-state index in [9.17, 15) is 9.59 Å². The number of rotatable bonds is 5. The number of carbonyl (C=O) groups is 2. The van der Waals surface area contributed by atoms with Crippen LogP contribution in [0.3, 0.4) is 0 Å². The Morgan fingerprint density at radius 1 is 1.03 bits per heavy atom. The molecule has 3 aromatic rings. The average molecular weight is 408 g/mol. The van der Waals surface area contributed by atoms with E-state index in [1.54, 1.807) is 30.3 Å². The highest BCUT2D eigenvalue weighted by Gasteiger charge is 2.28. The standard InChI is InChI=1S/C22H16O6S/c1-25-17-8-5-13(10-19(17)26-2)22(24)27-14-6-7-16-18(11-14)28-20(21(16)23)12-15-4-3-9-29-15/h3-12H,1-2H3. The maximum atomic E-state index is 12.5. The largest absolute Gasteiger partial charge is 0.493 e. The molecule has 0 fully saturated rings. The maximum Gasteiger partial charge on any atom is 0.343 e. The van der Waals surface area contributed by atoms with E-state index >= 15 is 0 Å². The summed E-state index contributed by atoms with van der Waals surface area (Å²) >= 11 is 1.51. The van der Waals surface area contributed by atoms with Crippen LogP contribution in [0.4, 0.5) is 0 Å². The molecule has 0 radical (unpaired) electrons. The Labute approximate surface area is 170 Å². The van der Waals surface area contributed by atoms with Gasteiger partial charge in [0.2, 0.25) is 5.78 Å². The number of thiophene rings is 1. The predicted octanol–water partition coefficient (Wildman–Crippen LogP) is 4.60. The molecule has 146 valence electrons. The highest BCUT2D eigenvalue weighted by molar-refractivity contribution is 7.10. The normalized spacial score (nSPS) is 13.7. The lowest BCUT2D eigenvalue weighted by Gasteiger charge is -2.09. The van der Waals surface area contributed by atoms with E-state index in [2.05, 4.69) is 0 Å². The number of ether oxygens (including phenoxy) is 4. The molecule has 29 heavy (non-hydrogen) atoms. The lowest BCUT2D eigenvalue weighted by Crippen LogP contribution is -2.09. The van der Waals surface area contributed by atoms with Gasteiger partial charge in [-0.05, 0) is 41.8 Å². The lowest BCUT2D eigenvalue weighted by molar-refractivity contribution is 0.0734. The van der Waals surface area contributed by atoms with E-state index in [0.29, 0.717) is 28.4 Å². The van der Waals surface area contributed by atoms with Crippen molar-refractivity contribution in [2.24, 2.45) is 0 Å². The molecule has 7 heteroatoms. The van der Waals surface area contributed by atoms with Crippen LogP contribution in [0.5, 0.6) is 23.0 Å². The molecule has 4 rings (SSSR count). The second-order valence-corrected chi connectivity index (χ2v) is 7.05. The number of Topliss-reactive ketones (excluding diaryl/α,β-unsaturated/α-hetero) is 1. The highest BCUT2D eigenvalue weighted by atomic mass is 32.1. The number of fused-ring (bicyclic) bond motifs is 1. The smallest absolute Gasteiger partial charge is 0.343 e. The van der Waals surface area contributed by atoms with Gasteiger partial charge in [0.15, 0.2) is 17.3 Å². The van der Waals surface area contributed by atoms with Crippen molar-refractivity contribution in [1.29, 1.82) is 0 Å². The van der Waals surface area contributed by atoms with Crippen LogP contribution < -0.4 is 18.9 Å². The van der Waals surface area contributed by atoms with Gasteiger partial charge in [-0.25, -0.2) is 4.79 Å². The first-order valence-electron chi connectivity index (χ1n) is 8.65. The van der Waals surface area contributed by atoms with Gasteiger partial charge in [0.1, 0.15) is 11.5 Å². The van der Waals surface area contributed by atoms with Crippen LogP contribution in [0.2, 0.25) is 0 Å². The number of esters is 1. The molecule has 1 aromatic heterocycles. The van der Waals surface area contributed by atoms with E-state index < -0.39 is 5.97 Å². The van der Waals surface area contributed by atoms with Crippen molar-refractivity contribution in [3.05, 3.63) is 75.7 Å². The van der Waals surface area contributed by atoms with Gasteiger partial charge in [0.25, 0.3) is 0 Å². The summed E-state index contributed by atoms with van der Waals surface area (Å²) in [6.45, 7) is 0. The number of carbonyl (C=O) groups excluding carboxylic acids is 2. The second-order valence-electron chi connectivity index (χ2n) is 6.07. The topological polar surface area (TPSA) is 71.1 Å². The molecule has 2 heterocycles. The van der Waals surface area contributed by atoms with Crippen molar-refractivity contribution >= 4 is 29.2 Å². The molecular formula is C22H16O6S. The molecule has 0 spiro atoms. The predicted molar refractivity (Wildman–Crippen MR) is 108 cm³/mol. The summed E-state index contributed by atoms with van der Waals surface area (Å²) in [6.07, 6.45) is 1.70. The summed E-state index contributed by atoms with van der Waals surface area (Å²) < 4.78 is 21.5. The van der Waals surface area contributed by atoms with Crippen molar-refractivity contribution in [2.75, 3.05) is 14.2 Å².